The third-order valence-electron chi connectivity index (χ3n) is 4.48. The molecule has 0 heterocycles. The van der Waals surface area contributed by atoms with E-state index in [2.05, 4.69) is 0 Å². The predicted molar refractivity (Wildman–Crippen MR) is 106 cm³/mol. The molecule has 5 N–H and O–H groups in total. The van der Waals surface area contributed by atoms with E-state index in [9.17, 15) is 20.1 Å². The van der Waals surface area contributed by atoms with Crippen LogP contribution in [0.5, 0.6) is 0 Å². The number of aliphatic hydroxyl groups excluding tert-OH is 4. The van der Waals surface area contributed by atoms with Crippen molar-refractivity contribution in [3.63, 3.8) is 0 Å². The summed E-state index contributed by atoms with van der Waals surface area (Å²) >= 11 is 0. The van der Waals surface area contributed by atoms with Gasteiger partial charge < -0.3 is 25.5 Å². The lowest BCUT2D eigenvalue weighted by atomic mass is 9.99. The third kappa shape index (κ3) is 15.5. The molecule has 0 aliphatic heterocycles. The van der Waals surface area contributed by atoms with Crippen LogP contribution in [0.4, 0.5) is 0 Å². The van der Waals surface area contributed by atoms with Gasteiger partial charge in [0.2, 0.25) is 0 Å². The summed E-state index contributed by atoms with van der Waals surface area (Å²) in [6.07, 6.45) is 10.8. The Balaban J connectivity index is 4.38. The molecule has 0 aliphatic carbocycles. The Morgan fingerprint density at radius 3 is 2.19 bits per heavy atom. The molecule has 6 nitrogen and oxygen atoms in total. The molecule has 0 aromatic carbocycles. The summed E-state index contributed by atoms with van der Waals surface area (Å²) in [6, 6.07) is 0. The van der Waals surface area contributed by atoms with Crippen molar-refractivity contribution in [2.45, 2.75) is 95.9 Å². The predicted octanol–water partition coefficient (Wildman–Crippen LogP) is 2.94. The van der Waals surface area contributed by atoms with Gasteiger partial charge in [0.05, 0.1) is 24.9 Å². The van der Waals surface area contributed by atoms with E-state index in [1.807, 2.05) is 13.0 Å². The van der Waals surface area contributed by atoms with Crippen molar-refractivity contribution in [1.29, 1.82) is 0 Å². The van der Waals surface area contributed by atoms with Crippen LogP contribution in [0.15, 0.2) is 23.8 Å². The summed E-state index contributed by atoms with van der Waals surface area (Å²) in [6.45, 7) is 1.73. The average molecular weight is 387 g/mol. The van der Waals surface area contributed by atoms with Crippen LogP contribution in [0.25, 0.3) is 0 Å². The van der Waals surface area contributed by atoms with Crippen molar-refractivity contribution in [2.75, 3.05) is 6.61 Å². The highest BCUT2D eigenvalue weighted by Gasteiger charge is 2.12. The van der Waals surface area contributed by atoms with Gasteiger partial charge in [0.25, 0.3) is 0 Å². The first-order valence-electron chi connectivity index (χ1n) is 10.1. The molecule has 0 spiro atoms. The lowest BCUT2D eigenvalue weighted by Crippen LogP contribution is -2.23. The van der Waals surface area contributed by atoms with E-state index < -0.39 is 24.3 Å². The maximum atomic E-state index is 10.5. The lowest BCUT2D eigenvalue weighted by molar-refractivity contribution is -0.137. The number of unbranched alkanes of at least 4 members (excludes halogenated alkanes) is 5. The van der Waals surface area contributed by atoms with E-state index in [-0.39, 0.29) is 13.0 Å². The van der Waals surface area contributed by atoms with Crippen molar-refractivity contribution in [1.82, 2.24) is 0 Å². The summed E-state index contributed by atoms with van der Waals surface area (Å²) < 4.78 is 0. The zero-order valence-corrected chi connectivity index (χ0v) is 16.6. The lowest BCUT2D eigenvalue weighted by Gasteiger charge is -2.14. The molecule has 27 heavy (non-hydrogen) atoms. The number of carboxylic acid groups (broad SMARTS) is 1. The van der Waals surface area contributed by atoms with Crippen LogP contribution >= 0.6 is 0 Å². The van der Waals surface area contributed by atoms with Gasteiger partial charge >= 0.3 is 5.97 Å². The number of hydrogen-bond acceptors (Lipinski definition) is 5. The Labute approximate surface area is 163 Å². The number of rotatable bonds is 17. The molecule has 0 amide bonds. The fraction of sp³-hybridized carbons (Fsp3) is 0.762. The van der Waals surface area contributed by atoms with E-state index in [1.165, 1.54) is 0 Å². The Morgan fingerprint density at radius 1 is 0.963 bits per heavy atom. The van der Waals surface area contributed by atoms with Gasteiger partial charge in [0, 0.05) is 6.42 Å². The second-order valence-electron chi connectivity index (χ2n) is 7.11. The molecular weight excluding hydrogens is 348 g/mol. The van der Waals surface area contributed by atoms with E-state index in [0.717, 1.165) is 50.5 Å². The summed E-state index contributed by atoms with van der Waals surface area (Å²) in [4.78, 5) is 10.5. The van der Waals surface area contributed by atoms with Crippen LogP contribution in [0.1, 0.15) is 77.6 Å². The van der Waals surface area contributed by atoms with Gasteiger partial charge in [-0.1, -0.05) is 62.8 Å². The average Bonchev–Trinajstić information content (AvgIpc) is 2.64. The molecule has 6 heteroatoms. The van der Waals surface area contributed by atoms with Gasteiger partial charge in [0.15, 0.2) is 0 Å². The first kappa shape index (κ1) is 25.8. The Hall–Kier alpha value is -1.21. The van der Waals surface area contributed by atoms with Crippen LogP contribution in [-0.4, -0.2) is 56.4 Å². The Kier molecular flexibility index (Phi) is 16.2. The minimum absolute atomic E-state index is 0.213. The van der Waals surface area contributed by atoms with E-state index in [1.54, 1.807) is 12.2 Å². The quantitative estimate of drug-likeness (QED) is 0.194. The van der Waals surface area contributed by atoms with Crippen LogP contribution in [0, 0.1) is 0 Å². The molecule has 3 atom stereocenters. The maximum absolute atomic E-state index is 10.5. The molecule has 158 valence electrons. The first-order valence-corrected chi connectivity index (χ1v) is 10.1. The van der Waals surface area contributed by atoms with Crippen LogP contribution in [-0.2, 0) is 4.79 Å². The number of carboxylic acids is 1. The number of hydrogen-bond donors (Lipinski definition) is 5. The molecule has 0 fully saturated rings. The fourth-order valence-electron chi connectivity index (χ4n) is 2.80. The summed E-state index contributed by atoms with van der Waals surface area (Å²) in [5.74, 6) is -0.757. The molecule has 0 radical (unpaired) electrons. The largest absolute Gasteiger partial charge is 0.481 e. The second-order valence-corrected chi connectivity index (χ2v) is 7.11. The SMILES string of the molecule is CCCC[C@H](O)[C@H](O)/C=C/C=C(/CCCCCCCC(=O)O)C[C@H](O)CO. The Morgan fingerprint density at radius 2 is 1.59 bits per heavy atom. The number of allylic oxidation sites excluding steroid dienone is 2. The fourth-order valence-corrected chi connectivity index (χ4v) is 2.80. The monoisotopic (exact) mass is 386 g/mol. The van der Waals surface area contributed by atoms with Gasteiger partial charge in [-0.15, -0.1) is 0 Å². The minimum Gasteiger partial charge on any atom is -0.481 e. The zero-order valence-electron chi connectivity index (χ0n) is 16.6. The van der Waals surface area contributed by atoms with Crippen LogP contribution in [0.2, 0.25) is 0 Å². The molecule has 0 bridgehead atoms. The molecule has 0 saturated carbocycles. The van der Waals surface area contributed by atoms with E-state index in [0.29, 0.717) is 19.3 Å². The summed E-state index contributed by atoms with van der Waals surface area (Å²) in [7, 11) is 0. The third-order valence-corrected chi connectivity index (χ3v) is 4.48. The topological polar surface area (TPSA) is 118 Å². The minimum atomic E-state index is -0.911. The van der Waals surface area contributed by atoms with Gasteiger partial charge in [0.1, 0.15) is 0 Å². The number of aliphatic carboxylic acids is 1. The smallest absolute Gasteiger partial charge is 0.303 e. The second kappa shape index (κ2) is 16.9. The molecule has 0 unspecified atom stereocenters. The number of aliphatic hydroxyl groups is 4. The van der Waals surface area contributed by atoms with Gasteiger partial charge in [-0.25, -0.2) is 0 Å². The molecule has 0 aromatic heterocycles. The van der Waals surface area contributed by atoms with Crippen molar-refractivity contribution >= 4 is 5.97 Å². The standard InChI is InChI=1S/C21H38O6/c1-2-3-12-19(24)20(25)13-9-11-17(15-18(23)16-22)10-7-5-4-6-8-14-21(26)27/h9,11,13,18-20,22-25H,2-8,10,12,14-16H2,1H3,(H,26,27)/b13-9+,17-11-/t18-,19-,20+/m0/s1. The van der Waals surface area contributed by atoms with Crippen molar-refractivity contribution in [3.05, 3.63) is 23.8 Å². The van der Waals surface area contributed by atoms with E-state index >= 15 is 0 Å². The zero-order chi connectivity index (χ0) is 20.5. The van der Waals surface area contributed by atoms with Crippen LogP contribution in [0.3, 0.4) is 0 Å². The maximum Gasteiger partial charge on any atom is 0.303 e. The Bertz CT molecular complexity index is 432. The summed E-state index contributed by atoms with van der Waals surface area (Å²) in [5, 5.41) is 47.1. The van der Waals surface area contributed by atoms with Gasteiger partial charge in [-0.05, 0) is 32.1 Å². The summed E-state index contributed by atoms with van der Waals surface area (Å²) in [5.41, 5.74) is 0.980. The van der Waals surface area contributed by atoms with Crippen molar-refractivity contribution in [2.24, 2.45) is 0 Å². The molecule has 0 aromatic rings. The van der Waals surface area contributed by atoms with Crippen molar-refractivity contribution < 1.29 is 30.3 Å². The van der Waals surface area contributed by atoms with E-state index in [4.69, 9.17) is 10.2 Å². The van der Waals surface area contributed by atoms with Crippen LogP contribution < -0.4 is 0 Å². The molecule has 0 saturated heterocycles. The normalized spacial score (nSPS) is 15.8. The first-order chi connectivity index (χ1) is 12.9. The molecule has 0 rings (SSSR count). The van der Waals surface area contributed by atoms with Gasteiger partial charge in [-0.2, -0.15) is 0 Å². The highest BCUT2D eigenvalue weighted by atomic mass is 16.4. The highest BCUT2D eigenvalue weighted by molar-refractivity contribution is 5.66. The van der Waals surface area contributed by atoms with Gasteiger partial charge in [-0.3, -0.25) is 4.79 Å². The molecule has 0 aliphatic rings. The highest BCUT2D eigenvalue weighted by Crippen LogP contribution is 2.17. The number of carbonyl (C=O) groups is 1. The van der Waals surface area contributed by atoms with Crippen molar-refractivity contribution in [3.8, 4) is 0 Å². The molecular formula is C21H38O6.